The van der Waals surface area contributed by atoms with Crippen LogP contribution in [0.5, 0.6) is 0 Å². The Morgan fingerprint density at radius 3 is 2.67 bits per heavy atom. The number of likely N-dealkylation sites (N-methyl/N-ethyl adjacent to an activating group) is 1. The highest BCUT2D eigenvalue weighted by molar-refractivity contribution is 7.11. The first-order valence-corrected chi connectivity index (χ1v) is 12.6. The second kappa shape index (κ2) is 10.5. The first-order chi connectivity index (χ1) is 16.0. The van der Waals surface area contributed by atoms with Crippen molar-refractivity contribution in [3.63, 3.8) is 0 Å². The van der Waals surface area contributed by atoms with Gasteiger partial charge in [0.1, 0.15) is 11.4 Å². The number of aromatic nitrogens is 1. The molecule has 0 N–H and O–H groups in total. The highest BCUT2D eigenvalue weighted by Crippen LogP contribution is 2.33. The highest BCUT2D eigenvalue weighted by Gasteiger charge is 2.32. The van der Waals surface area contributed by atoms with E-state index in [-0.39, 0.29) is 12.1 Å². The number of hydrogen-bond acceptors (Lipinski definition) is 6. The number of carbonyl (C=O) groups excluding carboxylic acids is 1. The molecule has 33 heavy (non-hydrogen) atoms. The molecule has 1 atom stereocenters. The van der Waals surface area contributed by atoms with Crippen LogP contribution in [-0.4, -0.2) is 47.6 Å². The molecule has 3 aromatic rings. The summed E-state index contributed by atoms with van der Waals surface area (Å²) in [6, 6.07) is 16.8. The van der Waals surface area contributed by atoms with Crippen LogP contribution in [0.3, 0.4) is 0 Å². The van der Waals surface area contributed by atoms with Gasteiger partial charge >= 0.3 is 5.97 Å². The number of benzene rings is 1. The Labute approximate surface area is 201 Å². The Balaban J connectivity index is 1.62. The molecule has 0 radical (unpaired) electrons. The van der Waals surface area contributed by atoms with Crippen molar-refractivity contribution in [1.82, 2.24) is 9.88 Å². The molecule has 1 fully saturated rings. The van der Waals surface area contributed by atoms with E-state index in [2.05, 4.69) is 35.8 Å². The number of pyridine rings is 1. The second-order valence-corrected chi connectivity index (χ2v) is 10.2. The van der Waals surface area contributed by atoms with Gasteiger partial charge in [-0.25, -0.2) is 9.78 Å². The maximum atomic E-state index is 13.2. The zero-order valence-corrected chi connectivity index (χ0v) is 20.8. The number of rotatable bonds is 8. The fraction of sp³-hybridized carbons (Fsp3) is 0.407. The smallest absolute Gasteiger partial charge is 0.342 e. The van der Waals surface area contributed by atoms with Gasteiger partial charge in [-0.2, -0.15) is 0 Å². The molecule has 5 nitrogen and oxygen atoms in total. The zero-order chi connectivity index (χ0) is 23.4. The van der Waals surface area contributed by atoms with Crippen molar-refractivity contribution < 1.29 is 9.53 Å². The van der Waals surface area contributed by atoms with E-state index in [1.54, 1.807) is 0 Å². The van der Waals surface area contributed by atoms with Crippen LogP contribution in [0, 0.1) is 6.92 Å². The van der Waals surface area contributed by atoms with Gasteiger partial charge in [0.2, 0.25) is 0 Å². The molecule has 2 aromatic heterocycles. The van der Waals surface area contributed by atoms with E-state index in [1.807, 2.05) is 67.8 Å². The molecule has 0 saturated carbocycles. The van der Waals surface area contributed by atoms with E-state index >= 15 is 0 Å². The van der Waals surface area contributed by atoms with Gasteiger partial charge in [0, 0.05) is 47.2 Å². The van der Waals surface area contributed by atoms with Gasteiger partial charge < -0.3 is 9.64 Å². The van der Waals surface area contributed by atoms with Crippen molar-refractivity contribution in [3.8, 4) is 11.1 Å². The van der Waals surface area contributed by atoms with E-state index in [9.17, 15) is 4.79 Å². The summed E-state index contributed by atoms with van der Waals surface area (Å²) in [5.41, 5.74) is 2.43. The molecule has 3 heterocycles. The standard InChI is InChI=1S/C27H33N3O2S/c1-5-29(18-23-12-11-20(4)33-23)22-14-16-30(17-22)26-25(27(31)32-19(2)3)24(13-15-28-26)21-9-7-6-8-10-21/h6-13,15,19,22H,5,14,16-18H2,1-4H3. The number of esters is 1. The molecule has 0 amide bonds. The Hall–Kier alpha value is -2.70. The van der Waals surface area contributed by atoms with Gasteiger partial charge in [0.05, 0.1) is 6.10 Å². The molecule has 1 aliphatic heterocycles. The van der Waals surface area contributed by atoms with Crippen LogP contribution in [0.4, 0.5) is 5.82 Å². The summed E-state index contributed by atoms with van der Waals surface area (Å²) in [6.45, 7) is 11.8. The normalized spacial score (nSPS) is 16.1. The molecule has 0 aliphatic carbocycles. The van der Waals surface area contributed by atoms with E-state index in [4.69, 9.17) is 9.72 Å². The lowest BCUT2D eigenvalue weighted by atomic mass is 10.0. The number of hydrogen-bond donors (Lipinski definition) is 0. The predicted octanol–water partition coefficient (Wildman–Crippen LogP) is 5.78. The van der Waals surface area contributed by atoms with Crippen molar-refractivity contribution in [2.45, 2.75) is 52.8 Å². The Morgan fingerprint density at radius 2 is 2.00 bits per heavy atom. The third-order valence-corrected chi connectivity index (χ3v) is 7.09. The average molecular weight is 464 g/mol. The van der Waals surface area contributed by atoms with Gasteiger partial charge in [0.15, 0.2) is 0 Å². The van der Waals surface area contributed by atoms with Gasteiger partial charge in [0.25, 0.3) is 0 Å². The summed E-state index contributed by atoms with van der Waals surface area (Å²) in [4.78, 5) is 25.5. The van der Waals surface area contributed by atoms with Crippen molar-refractivity contribution in [2.75, 3.05) is 24.5 Å². The molecule has 174 valence electrons. The topological polar surface area (TPSA) is 45.7 Å². The predicted molar refractivity (Wildman–Crippen MR) is 136 cm³/mol. The largest absolute Gasteiger partial charge is 0.459 e. The molecular weight excluding hydrogens is 430 g/mol. The molecule has 4 rings (SSSR count). The van der Waals surface area contributed by atoms with Crippen LogP contribution in [0.15, 0.2) is 54.7 Å². The Kier molecular flexibility index (Phi) is 7.46. The van der Waals surface area contributed by atoms with Crippen molar-refractivity contribution >= 4 is 23.1 Å². The number of ether oxygens (including phenoxy) is 1. The summed E-state index contributed by atoms with van der Waals surface area (Å²) in [5.74, 6) is 0.421. The van der Waals surface area contributed by atoms with Gasteiger partial charge in [-0.3, -0.25) is 4.90 Å². The molecular formula is C27H33N3O2S. The first kappa shape index (κ1) is 23.5. The van der Waals surface area contributed by atoms with Gasteiger partial charge in [-0.15, -0.1) is 11.3 Å². The summed E-state index contributed by atoms with van der Waals surface area (Å²) in [5, 5.41) is 0. The third kappa shape index (κ3) is 5.45. The summed E-state index contributed by atoms with van der Waals surface area (Å²) in [6.07, 6.45) is 2.67. The number of aryl methyl sites for hydroxylation is 1. The minimum atomic E-state index is -0.309. The average Bonchev–Trinajstić information content (AvgIpc) is 3.46. The molecule has 1 aromatic carbocycles. The summed E-state index contributed by atoms with van der Waals surface area (Å²) in [7, 11) is 0. The van der Waals surface area contributed by atoms with E-state index in [1.165, 1.54) is 9.75 Å². The zero-order valence-electron chi connectivity index (χ0n) is 20.0. The molecule has 0 spiro atoms. The lowest BCUT2D eigenvalue weighted by Crippen LogP contribution is -2.37. The fourth-order valence-electron chi connectivity index (χ4n) is 4.52. The summed E-state index contributed by atoms with van der Waals surface area (Å²) < 4.78 is 5.66. The minimum absolute atomic E-state index is 0.189. The lowest BCUT2D eigenvalue weighted by Gasteiger charge is -2.28. The number of anilines is 1. The van der Waals surface area contributed by atoms with Crippen LogP contribution in [-0.2, 0) is 11.3 Å². The van der Waals surface area contributed by atoms with E-state index < -0.39 is 0 Å². The quantitative estimate of drug-likeness (QED) is 0.396. The van der Waals surface area contributed by atoms with Crippen LogP contribution < -0.4 is 4.90 Å². The second-order valence-electron chi connectivity index (χ2n) is 8.84. The molecule has 1 unspecified atom stereocenters. The number of nitrogens with zero attached hydrogens (tertiary/aromatic N) is 3. The van der Waals surface area contributed by atoms with Gasteiger partial charge in [-0.05, 0) is 57.5 Å². The maximum Gasteiger partial charge on any atom is 0.342 e. The van der Waals surface area contributed by atoms with E-state index in [0.717, 1.165) is 49.5 Å². The Bertz CT molecular complexity index is 1080. The number of carbonyl (C=O) groups is 1. The third-order valence-electron chi connectivity index (χ3n) is 6.10. The molecule has 1 aliphatic rings. The van der Waals surface area contributed by atoms with Gasteiger partial charge in [-0.1, -0.05) is 37.3 Å². The van der Waals surface area contributed by atoms with Crippen molar-refractivity contribution in [2.24, 2.45) is 0 Å². The van der Waals surface area contributed by atoms with E-state index in [0.29, 0.717) is 11.6 Å². The molecule has 0 bridgehead atoms. The molecule has 1 saturated heterocycles. The van der Waals surface area contributed by atoms with Crippen molar-refractivity contribution in [1.29, 1.82) is 0 Å². The van der Waals surface area contributed by atoms with Crippen LogP contribution in [0.1, 0.15) is 47.3 Å². The lowest BCUT2D eigenvalue weighted by molar-refractivity contribution is 0.0379. The highest BCUT2D eigenvalue weighted by atomic mass is 32.1. The molecule has 6 heteroatoms. The SMILES string of the molecule is CCN(Cc1ccc(C)s1)C1CCN(c2nccc(-c3ccccc3)c2C(=O)OC(C)C)C1. The minimum Gasteiger partial charge on any atom is -0.459 e. The van der Waals surface area contributed by atoms with Crippen LogP contribution >= 0.6 is 11.3 Å². The van der Waals surface area contributed by atoms with Crippen LogP contribution in [0.2, 0.25) is 0 Å². The first-order valence-electron chi connectivity index (χ1n) is 11.8. The van der Waals surface area contributed by atoms with Crippen molar-refractivity contribution in [3.05, 3.63) is 70.0 Å². The monoisotopic (exact) mass is 463 g/mol. The Morgan fingerprint density at radius 1 is 1.21 bits per heavy atom. The van der Waals surface area contributed by atoms with Crippen LogP contribution in [0.25, 0.3) is 11.1 Å². The summed E-state index contributed by atoms with van der Waals surface area (Å²) >= 11 is 1.87. The maximum absolute atomic E-state index is 13.2. The fourth-order valence-corrected chi connectivity index (χ4v) is 5.44. The number of thiophene rings is 1.